The molecule has 0 aliphatic rings. The van der Waals surface area contributed by atoms with E-state index in [1.807, 2.05) is 46.9 Å². The van der Waals surface area contributed by atoms with Gasteiger partial charge in [0, 0.05) is 58.5 Å². The van der Waals surface area contributed by atoms with Gasteiger partial charge in [0.2, 0.25) is 0 Å². The van der Waals surface area contributed by atoms with Crippen LogP contribution in [0.4, 0.5) is 4.79 Å². The second-order valence-corrected chi connectivity index (χ2v) is 14.9. The summed E-state index contributed by atoms with van der Waals surface area (Å²) in [6.45, 7) is 19.5. The Morgan fingerprint density at radius 2 is 1.22 bits per heavy atom. The average molecular weight is 689 g/mol. The number of hydrogen-bond donors (Lipinski definition) is 4. The van der Waals surface area contributed by atoms with E-state index >= 15 is 0 Å². The number of carbonyl (C=O) groups is 1. The molecule has 10 heteroatoms. The van der Waals surface area contributed by atoms with Gasteiger partial charge in [0.15, 0.2) is 11.3 Å². The van der Waals surface area contributed by atoms with Gasteiger partial charge in [-0.3, -0.25) is 10.2 Å². The van der Waals surface area contributed by atoms with Crippen LogP contribution in [0.2, 0.25) is 0 Å². The number of aromatic nitrogens is 6. The second-order valence-electron chi connectivity index (χ2n) is 14.9. The number of rotatable bonds is 9. The summed E-state index contributed by atoms with van der Waals surface area (Å²) in [4.78, 5) is 20.8. The molecule has 0 saturated carbocycles. The summed E-state index contributed by atoms with van der Waals surface area (Å²) in [5.74, 6) is 0. The van der Waals surface area contributed by atoms with Crippen molar-refractivity contribution < 1.29 is 9.53 Å². The molecule has 0 bridgehead atoms. The van der Waals surface area contributed by atoms with Gasteiger partial charge in [0.1, 0.15) is 5.60 Å². The van der Waals surface area contributed by atoms with Crippen molar-refractivity contribution in [1.82, 2.24) is 35.7 Å². The molecular formula is C41H52N8O2. The molecule has 4 heterocycles. The molecule has 6 rings (SSSR count). The number of aromatic amines is 2. The van der Waals surface area contributed by atoms with Crippen LogP contribution in [-0.2, 0) is 15.6 Å². The fourth-order valence-corrected chi connectivity index (χ4v) is 6.28. The summed E-state index contributed by atoms with van der Waals surface area (Å²) in [5.41, 5.74) is 15.8. The molecule has 0 aliphatic heterocycles. The van der Waals surface area contributed by atoms with E-state index in [-0.39, 0.29) is 10.8 Å². The number of hydrogen-bond acceptors (Lipinski definition) is 7. The maximum absolute atomic E-state index is 12.1. The zero-order chi connectivity index (χ0) is 37.0. The largest absolute Gasteiger partial charge is 0.444 e. The number of amides is 1. The Hall–Kier alpha value is -5.09. The molecule has 0 saturated heterocycles. The second kappa shape index (κ2) is 15.0. The van der Waals surface area contributed by atoms with E-state index in [1.54, 1.807) is 6.20 Å². The fraction of sp³-hybridized carbons (Fsp3) is 0.390. The average Bonchev–Trinajstić information content (AvgIpc) is 3.71. The van der Waals surface area contributed by atoms with E-state index in [4.69, 9.17) is 10.5 Å². The van der Waals surface area contributed by atoms with Crippen LogP contribution in [0.5, 0.6) is 0 Å². The van der Waals surface area contributed by atoms with Crippen LogP contribution >= 0.6 is 0 Å². The number of benzene rings is 2. The Balaban J connectivity index is 0.000000205. The quantitative estimate of drug-likeness (QED) is 0.119. The third-order valence-corrected chi connectivity index (χ3v) is 10.0. The zero-order valence-electron chi connectivity index (χ0n) is 31.4. The number of nitrogens with one attached hydrogen (secondary N) is 3. The summed E-state index contributed by atoms with van der Waals surface area (Å²) in [5, 5.41) is 19.6. The maximum Gasteiger partial charge on any atom is 0.407 e. The molecule has 2 aromatic carbocycles. The van der Waals surface area contributed by atoms with E-state index in [0.29, 0.717) is 13.1 Å². The van der Waals surface area contributed by atoms with Crippen molar-refractivity contribution in [1.29, 1.82) is 0 Å². The summed E-state index contributed by atoms with van der Waals surface area (Å²) in [6.07, 6.45) is 5.10. The Morgan fingerprint density at radius 3 is 1.65 bits per heavy atom. The van der Waals surface area contributed by atoms with E-state index in [9.17, 15) is 4.79 Å². The lowest BCUT2D eigenvalue weighted by molar-refractivity contribution is 0.0515. The van der Waals surface area contributed by atoms with Crippen molar-refractivity contribution in [2.45, 2.75) is 91.6 Å². The number of H-pyrrole nitrogens is 2. The van der Waals surface area contributed by atoms with Gasteiger partial charge in [0.25, 0.3) is 0 Å². The Bertz CT molecular complexity index is 2120. The van der Waals surface area contributed by atoms with Crippen LogP contribution in [-0.4, -0.2) is 55.1 Å². The number of alkyl carbamates (subject to hydrolysis) is 1. The molecule has 0 aliphatic carbocycles. The van der Waals surface area contributed by atoms with Gasteiger partial charge in [-0.15, -0.1) is 0 Å². The van der Waals surface area contributed by atoms with Crippen LogP contribution in [0, 0.1) is 13.8 Å². The minimum absolute atomic E-state index is 0.00754. The predicted octanol–water partition coefficient (Wildman–Crippen LogP) is 8.69. The minimum atomic E-state index is -0.512. The molecule has 6 aromatic rings. The lowest BCUT2D eigenvalue weighted by Crippen LogP contribution is -2.41. The molecule has 51 heavy (non-hydrogen) atoms. The number of ether oxygens (including phenoxy) is 1. The number of nitrogens with two attached hydrogens (primary N) is 1. The summed E-state index contributed by atoms with van der Waals surface area (Å²) in [6, 6.07) is 21.2. The van der Waals surface area contributed by atoms with Crippen molar-refractivity contribution in [2.24, 2.45) is 5.73 Å². The molecule has 0 radical (unpaired) electrons. The number of fused-ring (bicyclic) bond motifs is 2. The number of pyridine rings is 2. The SMILES string of the molecule is CCC(C)(CN)c1cccc(-c2ccnc3n[nH]c(C)c23)c1.CCC(C)(CNC(=O)OC(C)(C)C)c1cccc(-c2ccnc3n[nH]c(C)c23)c1. The minimum Gasteiger partial charge on any atom is -0.444 e. The number of carbonyl (C=O) groups excluding carboxylic acids is 1. The number of nitrogens with zero attached hydrogens (tertiary/aromatic N) is 4. The highest BCUT2D eigenvalue weighted by molar-refractivity contribution is 5.95. The van der Waals surface area contributed by atoms with Crippen LogP contribution in [0.3, 0.4) is 0 Å². The lowest BCUT2D eigenvalue weighted by Gasteiger charge is -2.30. The predicted molar refractivity (Wildman–Crippen MR) is 207 cm³/mol. The van der Waals surface area contributed by atoms with Gasteiger partial charge in [-0.25, -0.2) is 14.8 Å². The monoisotopic (exact) mass is 688 g/mol. The number of aryl methyl sites for hydroxylation is 2. The van der Waals surface area contributed by atoms with Gasteiger partial charge >= 0.3 is 6.09 Å². The first kappa shape index (κ1) is 37.2. The molecule has 2 atom stereocenters. The first-order valence-electron chi connectivity index (χ1n) is 17.7. The molecular weight excluding hydrogens is 637 g/mol. The zero-order valence-corrected chi connectivity index (χ0v) is 31.4. The van der Waals surface area contributed by atoms with E-state index in [1.165, 1.54) is 16.7 Å². The van der Waals surface area contributed by atoms with Gasteiger partial charge in [-0.2, -0.15) is 10.2 Å². The molecule has 2 unspecified atom stereocenters. The molecule has 10 nitrogen and oxygen atoms in total. The van der Waals surface area contributed by atoms with Crippen molar-refractivity contribution >= 4 is 28.2 Å². The first-order valence-corrected chi connectivity index (χ1v) is 17.7. The van der Waals surface area contributed by atoms with E-state index in [2.05, 4.69) is 118 Å². The van der Waals surface area contributed by atoms with E-state index in [0.717, 1.165) is 63.0 Å². The Labute approximate surface area is 301 Å². The standard InChI is InChI=1S/C23H30N4O2.C18H22N4/c1-7-23(6,14-25-21(28)29-22(3,4)5)17-10-8-9-16(13-17)18-11-12-24-20-19(18)15(2)26-27-20;1-4-18(3,11-19)14-7-5-6-13(10-14)15-8-9-20-17-16(15)12(2)21-22-17/h8-13H,7,14H2,1-6H3,(H,25,28)(H,24,26,27);5-10H,4,11,19H2,1-3H3,(H,20,21,22). The third-order valence-electron chi connectivity index (χ3n) is 10.0. The molecule has 0 fully saturated rings. The molecule has 1 amide bonds. The van der Waals surface area contributed by atoms with Crippen LogP contribution in [0.25, 0.3) is 44.3 Å². The van der Waals surface area contributed by atoms with Gasteiger partial charge in [-0.05, 0) is 93.0 Å². The highest BCUT2D eigenvalue weighted by atomic mass is 16.6. The highest BCUT2D eigenvalue weighted by Gasteiger charge is 2.28. The van der Waals surface area contributed by atoms with Gasteiger partial charge in [-0.1, -0.05) is 76.2 Å². The molecule has 4 aromatic heterocycles. The van der Waals surface area contributed by atoms with Crippen molar-refractivity contribution in [2.75, 3.05) is 13.1 Å². The topological polar surface area (TPSA) is 147 Å². The van der Waals surface area contributed by atoms with Crippen molar-refractivity contribution in [3.8, 4) is 22.3 Å². The van der Waals surface area contributed by atoms with Gasteiger partial charge < -0.3 is 15.8 Å². The smallest absolute Gasteiger partial charge is 0.407 e. The molecule has 5 N–H and O–H groups in total. The van der Waals surface area contributed by atoms with Crippen LogP contribution in [0.15, 0.2) is 73.1 Å². The van der Waals surface area contributed by atoms with Crippen molar-refractivity contribution in [3.05, 3.63) is 95.6 Å². The van der Waals surface area contributed by atoms with Crippen LogP contribution in [0.1, 0.15) is 83.8 Å². The van der Waals surface area contributed by atoms with Gasteiger partial charge in [0.05, 0.1) is 0 Å². The third kappa shape index (κ3) is 8.12. The lowest BCUT2D eigenvalue weighted by atomic mass is 9.79. The molecule has 268 valence electrons. The summed E-state index contributed by atoms with van der Waals surface area (Å²) in [7, 11) is 0. The summed E-state index contributed by atoms with van der Waals surface area (Å²) < 4.78 is 5.39. The van der Waals surface area contributed by atoms with Crippen molar-refractivity contribution in [3.63, 3.8) is 0 Å². The Morgan fingerprint density at radius 1 is 0.745 bits per heavy atom. The molecule has 0 spiro atoms. The fourth-order valence-electron chi connectivity index (χ4n) is 6.28. The maximum atomic E-state index is 12.1. The highest BCUT2D eigenvalue weighted by Crippen LogP contribution is 2.35. The first-order chi connectivity index (χ1) is 24.2. The Kier molecular flexibility index (Phi) is 11.0. The van der Waals surface area contributed by atoms with E-state index < -0.39 is 11.7 Å². The summed E-state index contributed by atoms with van der Waals surface area (Å²) >= 11 is 0. The van der Waals surface area contributed by atoms with Crippen LogP contribution < -0.4 is 11.1 Å². The normalized spacial score (nSPS) is 14.0.